The van der Waals surface area contributed by atoms with Gasteiger partial charge in [-0.1, -0.05) is 148 Å². The Morgan fingerprint density at radius 3 is 0.798 bits per heavy atom. The maximum Gasteiger partial charge on any atom is 0.123 e. The fourth-order valence-corrected chi connectivity index (χ4v) is 31.1. The van der Waals surface area contributed by atoms with E-state index in [1.165, 1.54) is 138 Å². The van der Waals surface area contributed by atoms with Crippen LogP contribution in [-0.4, -0.2) is 24.7 Å². The molecule has 0 radical (unpaired) electrons. The van der Waals surface area contributed by atoms with Gasteiger partial charge in [0.05, 0.1) is 30.1 Å². The van der Waals surface area contributed by atoms with Gasteiger partial charge < -0.3 is 9.47 Å². The summed E-state index contributed by atoms with van der Waals surface area (Å²) in [6, 6.07) is 15.2. The van der Waals surface area contributed by atoms with E-state index in [0.29, 0.717) is 0 Å². The van der Waals surface area contributed by atoms with E-state index in [0.717, 1.165) is 50.6 Å². The standard InChI is InChI=1S/C101H67NO2/c1-5-7-9-11-13-15-17-19-21-23-27-103-39-30-37(31-40(32-39)104-28-24-22-20-18-16-14-12-10-8-6-2)33-102-34-100-95-87-79-69-59-51-43-41-42-45-49-47(43)55-63-57(49)67-61-53(45)54-46(42)50-48-44(41)52(51)60-66-56(48)64-58(50)68-62(54)72-71(61)83-77(67)85-75(63)81(73(79)65(55)59)89(95)91(85)97-93(83)94-84(72)78(68)86-76(64)82-74(66)80(70(60)69)88(87)96(100)90(82)92(86)98(94)101(97,100)99(102)38-26-25-35(3)36(4)29-38/h25-26,29-32,99H,5-24,27-28,33-34H2,1-4H3. The Hall–Kier alpha value is -9.54. The van der Waals surface area contributed by atoms with Crippen LogP contribution < -0.4 is 9.47 Å². The fourth-order valence-electron chi connectivity index (χ4n) is 31.1. The van der Waals surface area contributed by atoms with Crippen molar-refractivity contribution in [2.75, 3.05) is 19.8 Å². The minimum absolute atomic E-state index is 0.0183. The van der Waals surface area contributed by atoms with Gasteiger partial charge in [0.15, 0.2) is 0 Å². The molecule has 30 aromatic carbocycles. The average molecular weight is 1330 g/mol. The van der Waals surface area contributed by atoms with Crippen LogP contribution in [0.15, 0.2) is 36.4 Å². The third-order valence-corrected chi connectivity index (χ3v) is 33.5. The largest absolute Gasteiger partial charge is 0.493 e. The van der Waals surface area contributed by atoms with Crippen LogP contribution >= 0.6 is 0 Å². The van der Waals surface area contributed by atoms with Crippen LogP contribution in [0.3, 0.4) is 0 Å². The van der Waals surface area contributed by atoms with E-state index >= 15 is 0 Å². The number of aryl methyl sites for hydroxylation is 2. The van der Waals surface area contributed by atoms with E-state index in [1.807, 2.05) is 0 Å². The summed E-state index contributed by atoms with van der Waals surface area (Å²) >= 11 is 0. The molecule has 30 aromatic rings. The van der Waals surface area contributed by atoms with Gasteiger partial charge in [-0.25, -0.2) is 0 Å². The second-order valence-electron chi connectivity index (χ2n) is 37.0. The molecule has 0 aromatic heterocycles. The Kier molecular flexibility index (Phi) is 7.22. The lowest BCUT2D eigenvalue weighted by Gasteiger charge is -2.52. The third-order valence-electron chi connectivity index (χ3n) is 33.5. The van der Waals surface area contributed by atoms with E-state index in [4.69, 9.17) is 9.47 Å². The molecular weight excluding hydrogens is 1260 g/mol. The molecule has 1 heterocycles. The Labute approximate surface area is 593 Å². The van der Waals surface area contributed by atoms with Crippen LogP contribution in [0.2, 0.25) is 0 Å². The number of likely N-dealkylation sites (tertiary alicyclic amines) is 1. The number of benzene rings is 20. The molecule has 4 aliphatic carbocycles. The first-order chi connectivity index (χ1) is 51.6. The summed E-state index contributed by atoms with van der Waals surface area (Å²) in [5.41, 5.74) is 11.8. The third kappa shape index (κ3) is 4.04. The molecule has 0 N–H and O–H groups in total. The van der Waals surface area contributed by atoms with E-state index in [9.17, 15) is 0 Å². The molecule has 1 aliphatic heterocycles. The summed E-state index contributed by atoms with van der Waals surface area (Å²) in [4.78, 5) is 3.17. The Morgan fingerprint density at radius 1 is 0.279 bits per heavy atom. The normalized spacial score (nSPS) is 19.9. The molecule has 2 spiro atoms. The van der Waals surface area contributed by atoms with Crippen LogP contribution in [0.5, 0.6) is 11.5 Å². The molecule has 0 saturated carbocycles. The SMILES string of the molecule is CCCCCCCCCCCCOc1cc(CN2CC34c5c6c7c8c9c%10c(c%11c%12c3c3c5c5c%13c6c6c7c7c9c9c%14c%10c%10c%11c%11c%12c%12c3c3c5c5c%13c%13c6c6c7c9c7c9c%14c%10c%10c%11c%11c%12c3c3c5c5c%13c6c7c6c9c%10c%11c3c56)C84C2c2ccc(C)c(C)c2)cc(OCCCCCCCCCCCC)c1. The highest BCUT2D eigenvalue weighted by molar-refractivity contribution is 6.82. The highest BCUT2D eigenvalue weighted by atomic mass is 16.5. The summed E-state index contributed by atoms with van der Waals surface area (Å²) in [6.45, 7) is 12.7. The van der Waals surface area contributed by atoms with E-state index < -0.39 is 10.8 Å². The van der Waals surface area contributed by atoms with Gasteiger partial charge in [-0.05, 0) is 374 Å². The monoisotopic (exact) mass is 1330 g/mol. The van der Waals surface area contributed by atoms with Gasteiger partial charge in [0, 0.05) is 19.2 Å². The van der Waals surface area contributed by atoms with Crippen molar-refractivity contribution in [2.24, 2.45) is 0 Å². The highest BCUT2D eigenvalue weighted by Crippen LogP contribution is 2.87. The molecule has 3 heteroatoms. The number of rotatable bonds is 27. The zero-order valence-electron chi connectivity index (χ0n) is 59.3. The van der Waals surface area contributed by atoms with E-state index in [-0.39, 0.29) is 6.04 Å². The molecule has 1 fully saturated rings. The van der Waals surface area contributed by atoms with Gasteiger partial charge in [-0.15, -0.1) is 0 Å². The minimum Gasteiger partial charge on any atom is -0.493 e. The second kappa shape index (κ2) is 14.8. The second-order valence-corrected chi connectivity index (χ2v) is 37.0. The van der Waals surface area contributed by atoms with Crippen molar-refractivity contribution in [3.63, 3.8) is 0 Å². The first kappa shape index (κ1) is 50.8. The average Bonchev–Trinajstić information content (AvgIpc) is 1.38. The first-order valence-corrected chi connectivity index (χ1v) is 41.5. The highest BCUT2D eigenvalue weighted by Gasteiger charge is 2.76. The number of hydrogen-bond donors (Lipinski definition) is 0. The van der Waals surface area contributed by atoms with E-state index in [2.05, 4.69) is 69.0 Å². The Balaban J connectivity index is 0.689. The zero-order valence-corrected chi connectivity index (χ0v) is 59.3. The number of nitrogens with zero attached hydrogens (tertiary/aromatic N) is 1. The molecule has 0 bridgehead atoms. The Morgan fingerprint density at radius 2 is 0.529 bits per heavy atom. The van der Waals surface area contributed by atoms with Crippen LogP contribution in [0, 0.1) is 13.8 Å². The number of hydrogen-bond acceptors (Lipinski definition) is 3. The van der Waals surface area contributed by atoms with Crippen LogP contribution in [0.25, 0.3) is 291 Å². The lowest BCUT2D eigenvalue weighted by molar-refractivity contribution is 0.217. The lowest BCUT2D eigenvalue weighted by atomic mass is 9.47. The van der Waals surface area contributed by atoms with Gasteiger partial charge in [0.1, 0.15) is 11.5 Å². The molecule has 1 atom stereocenters. The predicted molar refractivity (Wildman–Crippen MR) is 444 cm³/mol. The molecule has 35 rings (SSSR count). The molecule has 5 aliphatic rings. The fraction of sp³-hybridized carbons (Fsp3) is 0.307. The maximum atomic E-state index is 7.13. The first-order valence-electron chi connectivity index (χ1n) is 41.5. The van der Waals surface area contributed by atoms with Crippen molar-refractivity contribution in [3.05, 3.63) is 80.9 Å². The van der Waals surface area contributed by atoms with E-state index in [1.54, 1.807) is 313 Å². The van der Waals surface area contributed by atoms with Crippen LogP contribution in [0.4, 0.5) is 0 Å². The molecule has 1 saturated heterocycles. The van der Waals surface area contributed by atoms with Crippen LogP contribution in [0.1, 0.15) is 193 Å². The summed E-state index contributed by atoms with van der Waals surface area (Å²) in [6.07, 6.45) is 26.4. The van der Waals surface area contributed by atoms with Gasteiger partial charge >= 0.3 is 0 Å². The van der Waals surface area contributed by atoms with Gasteiger partial charge in [0.2, 0.25) is 0 Å². The molecule has 3 nitrogen and oxygen atoms in total. The van der Waals surface area contributed by atoms with Crippen molar-refractivity contribution in [3.8, 4) is 11.5 Å². The minimum atomic E-state index is -0.460. The summed E-state index contributed by atoms with van der Waals surface area (Å²) < 4.78 is 14.3. The summed E-state index contributed by atoms with van der Waals surface area (Å²) in [5, 5.41) is 89.9. The van der Waals surface area contributed by atoms with Crippen molar-refractivity contribution < 1.29 is 9.47 Å². The molecule has 0 amide bonds. The Bertz CT molecular complexity index is 8290. The number of ether oxygens (including phenoxy) is 2. The predicted octanol–water partition coefficient (Wildman–Crippen LogP) is 28.8. The van der Waals surface area contributed by atoms with Crippen molar-refractivity contribution in [2.45, 2.75) is 180 Å². The molecule has 488 valence electrons. The molecule has 104 heavy (non-hydrogen) atoms. The van der Waals surface area contributed by atoms with Crippen molar-refractivity contribution in [1.29, 1.82) is 0 Å². The van der Waals surface area contributed by atoms with Crippen molar-refractivity contribution >= 4 is 291 Å². The number of unbranched alkanes of at least 4 members (excludes halogenated alkanes) is 18. The topological polar surface area (TPSA) is 21.7 Å². The summed E-state index contributed by atoms with van der Waals surface area (Å²) in [5.74, 6) is 1.98. The van der Waals surface area contributed by atoms with Gasteiger partial charge in [-0.2, -0.15) is 0 Å². The quantitative estimate of drug-likeness (QED) is 0.0378. The van der Waals surface area contributed by atoms with Gasteiger partial charge in [0.25, 0.3) is 0 Å². The molecule has 1 unspecified atom stereocenters. The maximum absolute atomic E-state index is 7.13. The lowest BCUT2D eigenvalue weighted by Crippen LogP contribution is -2.51. The van der Waals surface area contributed by atoms with Crippen molar-refractivity contribution in [1.82, 2.24) is 4.90 Å². The molecular formula is C101H67NO2. The van der Waals surface area contributed by atoms with Crippen LogP contribution in [-0.2, 0) is 17.4 Å². The van der Waals surface area contributed by atoms with Gasteiger partial charge in [-0.3, -0.25) is 4.90 Å². The zero-order chi connectivity index (χ0) is 65.7. The summed E-state index contributed by atoms with van der Waals surface area (Å²) in [7, 11) is 0. The smallest absolute Gasteiger partial charge is 0.123 e.